The van der Waals surface area contributed by atoms with Gasteiger partial charge < -0.3 is 20.9 Å². The number of anilines is 2. The Morgan fingerprint density at radius 3 is 2.25 bits per heavy atom. The van der Waals surface area contributed by atoms with Gasteiger partial charge in [-0.25, -0.2) is 0 Å². The molecule has 4 N–H and O–H groups in total. The maximum atomic E-state index is 5.62. The van der Waals surface area contributed by atoms with Gasteiger partial charge in [-0.2, -0.15) is 0 Å². The minimum atomic E-state index is 0.481. The van der Waals surface area contributed by atoms with Gasteiger partial charge in [-0.1, -0.05) is 0 Å². The largest absolute Gasteiger partial charge is 0.493 e. The molecule has 12 heavy (non-hydrogen) atoms. The Bertz CT molecular complexity index is 287. The highest BCUT2D eigenvalue weighted by atomic mass is 16.5. The number of rotatable bonds is 2. The van der Waals surface area contributed by atoms with E-state index in [1.54, 1.807) is 12.1 Å². The predicted octanol–water partition coefficient (Wildman–Crippen LogP) is 0.868. The van der Waals surface area contributed by atoms with Crippen molar-refractivity contribution in [1.29, 1.82) is 0 Å². The minimum absolute atomic E-state index is 0.481. The van der Waals surface area contributed by atoms with Crippen LogP contribution in [0.3, 0.4) is 0 Å². The molecule has 0 bridgehead atoms. The van der Waals surface area contributed by atoms with Crippen molar-refractivity contribution >= 4 is 11.4 Å². The van der Waals surface area contributed by atoms with Crippen molar-refractivity contribution in [2.24, 2.45) is 0 Å². The molecule has 1 aromatic rings. The number of nitrogens with two attached hydrogens (primary N) is 2. The lowest BCUT2D eigenvalue weighted by molar-refractivity contribution is 0.357. The van der Waals surface area contributed by atoms with E-state index >= 15 is 0 Å². The van der Waals surface area contributed by atoms with Crippen LogP contribution >= 0.6 is 0 Å². The van der Waals surface area contributed by atoms with E-state index in [-0.39, 0.29) is 0 Å². The fourth-order valence-electron chi connectivity index (χ4n) is 1.02. The number of ether oxygens (including phenoxy) is 2. The lowest BCUT2D eigenvalue weighted by Crippen LogP contribution is -1.98. The van der Waals surface area contributed by atoms with Crippen LogP contribution in [0.2, 0.25) is 0 Å². The Morgan fingerprint density at radius 2 is 1.75 bits per heavy atom. The zero-order chi connectivity index (χ0) is 9.14. The molecule has 0 radical (unpaired) electrons. The lowest BCUT2D eigenvalue weighted by Gasteiger charge is -2.10. The van der Waals surface area contributed by atoms with Gasteiger partial charge in [0, 0.05) is 11.8 Å². The first kappa shape index (κ1) is 8.52. The molecule has 0 unspecified atom stereocenters. The van der Waals surface area contributed by atoms with Crippen LogP contribution in [0, 0.1) is 0 Å². The molecule has 66 valence electrons. The molecule has 0 aliphatic carbocycles. The van der Waals surface area contributed by atoms with Gasteiger partial charge >= 0.3 is 0 Å². The zero-order valence-corrected chi connectivity index (χ0v) is 7.13. The molecule has 1 aromatic carbocycles. The van der Waals surface area contributed by atoms with Gasteiger partial charge in [-0.05, 0) is 6.07 Å². The topological polar surface area (TPSA) is 70.5 Å². The monoisotopic (exact) mass is 168 g/mol. The fraction of sp³-hybridized carbons (Fsp3) is 0.250. The van der Waals surface area contributed by atoms with Crippen LogP contribution in [0.4, 0.5) is 11.4 Å². The average Bonchev–Trinajstić information content (AvgIpc) is 2.03. The molecule has 0 fully saturated rings. The van der Waals surface area contributed by atoms with Gasteiger partial charge in [0.1, 0.15) is 0 Å². The SMILES string of the molecule is COc1cc(N)cc(N)c1OC. The van der Waals surface area contributed by atoms with Gasteiger partial charge in [0.05, 0.1) is 19.9 Å². The van der Waals surface area contributed by atoms with Crippen LogP contribution in [-0.2, 0) is 0 Å². The Kier molecular flexibility index (Phi) is 2.28. The summed E-state index contributed by atoms with van der Waals surface area (Å²) in [6.45, 7) is 0. The van der Waals surface area contributed by atoms with Crippen molar-refractivity contribution in [1.82, 2.24) is 0 Å². The molecule has 0 atom stereocenters. The summed E-state index contributed by atoms with van der Waals surface area (Å²) < 4.78 is 10.0. The van der Waals surface area contributed by atoms with E-state index in [2.05, 4.69) is 0 Å². The first-order valence-corrected chi connectivity index (χ1v) is 3.46. The molecule has 0 aliphatic rings. The van der Waals surface area contributed by atoms with E-state index in [4.69, 9.17) is 20.9 Å². The molecule has 4 heteroatoms. The second-order valence-corrected chi connectivity index (χ2v) is 2.35. The summed E-state index contributed by atoms with van der Waals surface area (Å²) in [4.78, 5) is 0. The minimum Gasteiger partial charge on any atom is -0.493 e. The highest BCUT2D eigenvalue weighted by Gasteiger charge is 2.07. The molecule has 0 aromatic heterocycles. The van der Waals surface area contributed by atoms with Crippen molar-refractivity contribution < 1.29 is 9.47 Å². The molecule has 0 aliphatic heterocycles. The van der Waals surface area contributed by atoms with Crippen molar-refractivity contribution in [2.75, 3.05) is 25.7 Å². The second kappa shape index (κ2) is 3.21. The van der Waals surface area contributed by atoms with E-state index in [0.29, 0.717) is 22.9 Å². The third-order valence-electron chi connectivity index (χ3n) is 1.53. The highest BCUT2D eigenvalue weighted by Crippen LogP contribution is 2.35. The van der Waals surface area contributed by atoms with Crippen LogP contribution in [0.25, 0.3) is 0 Å². The Labute approximate surface area is 71.1 Å². The maximum absolute atomic E-state index is 5.62. The van der Waals surface area contributed by atoms with Crippen molar-refractivity contribution in [3.8, 4) is 11.5 Å². The van der Waals surface area contributed by atoms with Crippen molar-refractivity contribution in [3.05, 3.63) is 12.1 Å². The normalized spacial score (nSPS) is 9.50. The zero-order valence-electron chi connectivity index (χ0n) is 7.13. The van der Waals surface area contributed by atoms with Gasteiger partial charge in [-0.3, -0.25) is 0 Å². The van der Waals surface area contributed by atoms with Gasteiger partial charge in [-0.15, -0.1) is 0 Å². The summed E-state index contributed by atoms with van der Waals surface area (Å²) in [6.07, 6.45) is 0. The molecule has 0 saturated carbocycles. The smallest absolute Gasteiger partial charge is 0.183 e. The quantitative estimate of drug-likeness (QED) is 0.643. The van der Waals surface area contributed by atoms with Crippen molar-refractivity contribution in [3.63, 3.8) is 0 Å². The van der Waals surface area contributed by atoms with Crippen LogP contribution < -0.4 is 20.9 Å². The standard InChI is InChI=1S/C8H12N2O2/c1-11-7-4-5(9)3-6(10)8(7)12-2/h3-4H,9-10H2,1-2H3. The first-order valence-electron chi connectivity index (χ1n) is 3.46. The summed E-state index contributed by atoms with van der Waals surface area (Å²) in [6, 6.07) is 3.29. The Balaban J connectivity index is 3.24. The average molecular weight is 168 g/mol. The maximum Gasteiger partial charge on any atom is 0.183 e. The van der Waals surface area contributed by atoms with E-state index in [9.17, 15) is 0 Å². The first-order chi connectivity index (χ1) is 5.69. The summed E-state index contributed by atoms with van der Waals surface area (Å²) in [5, 5.41) is 0. The van der Waals surface area contributed by atoms with E-state index in [0.717, 1.165) is 0 Å². The summed E-state index contributed by atoms with van der Waals surface area (Å²) in [5.74, 6) is 1.07. The van der Waals surface area contributed by atoms with E-state index in [1.165, 1.54) is 14.2 Å². The molecule has 4 nitrogen and oxygen atoms in total. The number of methoxy groups -OCH3 is 2. The van der Waals surface area contributed by atoms with Crippen LogP contribution in [-0.4, -0.2) is 14.2 Å². The van der Waals surface area contributed by atoms with Gasteiger partial charge in [0.15, 0.2) is 11.5 Å². The van der Waals surface area contributed by atoms with Crippen LogP contribution in [0.5, 0.6) is 11.5 Å². The number of benzene rings is 1. The number of hydrogen-bond acceptors (Lipinski definition) is 4. The summed E-state index contributed by atoms with van der Waals surface area (Å²) in [5.41, 5.74) is 12.2. The molecular formula is C8H12N2O2. The third-order valence-corrected chi connectivity index (χ3v) is 1.53. The summed E-state index contributed by atoms with van der Waals surface area (Å²) >= 11 is 0. The molecule has 0 heterocycles. The molecular weight excluding hydrogens is 156 g/mol. The van der Waals surface area contributed by atoms with E-state index in [1.807, 2.05) is 0 Å². The molecule has 1 rings (SSSR count). The Hall–Kier alpha value is -1.58. The molecule has 0 saturated heterocycles. The van der Waals surface area contributed by atoms with E-state index < -0.39 is 0 Å². The van der Waals surface area contributed by atoms with Crippen LogP contribution in [0.1, 0.15) is 0 Å². The second-order valence-electron chi connectivity index (χ2n) is 2.35. The highest BCUT2D eigenvalue weighted by molar-refractivity contribution is 5.67. The van der Waals surface area contributed by atoms with Crippen LogP contribution in [0.15, 0.2) is 12.1 Å². The predicted molar refractivity (Wildman–Crippen MR) is 48.4 cm³/mol. The fourth-order valence-corrected chi connectivity index (χ4v) is 1.02. The molecule has 0 spiro atoms. The van der Waals surface area contributed by atoms with Crippen molar-refractivity contribution in [2.45, 2.75) is 0 Å². The third kappa shape index (κ3) is 1.37. The molecule has 0 amide bonds. The van der Waals surface area contributed by atoms with Gasteiger partial charge in [0.25, 0.3) is 0 Å². The Morgan fingerprint density at radius 1 is 1.08 bits per heavy atom. The summed E-state index contributed by atoms with van der Waals surface area (Å²) in [7, 11) is 3.07. The number of hydrogen-bond donors (Lipinski definition) is 2. The number of nitrogen functional groups attached to an aromatic ring is 2. The lowest BCUT2D eigenvalue weighted by atomic mass is 10.2. The van der Waals surface area contributed by atoms with Gasteiger partial charge in [0.2, 0.25) is 0 Å².